The molecule has 5 heteroatoms. The highest BCUT2D eigenvalue weighted by molar-refractivity contribution is 7.90. The molecular weight excluding hydrogens is 252 g/mol. The Balaban J connectivity index is 2.69. The minimum Gasteiger partial charge on any atom is -0.390 e. The van der Waals surface area contributed by atoms with Gasteiger partial charge in [0.15, 0.2) is 9.84 Å². The van der Waals surface area contributed by atoms with Gasteiger partial charge >= 0.3 is 0 Å². The van der Waals surface area contributed by atoms with Gasteiger partial charge in [0.25, 0.3) is 0 Å². The molecule has 102 valence electrons. The maximum Gasteiger partial charge on any atom is 0.175 e. The molecule has 0 saturated carbocycles. The van der Waals surface area contributed by atoms with Crippen molar-refractivity contribution in [1.82, 2.24) is 0 Å². The fourth-order valence-electron chi connectivity index (χ4n) is 1.71. The number of aryl methyl sites for hydroxylation is 1. The molecule has 2 atom stereocenters. The molecule has 0 aliphatic carbocycles. The zero-order valence-corrected chi connectivity index (χ0v) is 11.5. The number of sulfone groups is 1. The van der Waals surface area contributed by atoms with E-state index in [-0.39, 0.29) is 4.90 Å². The van der Waals surface area contributed by atoms with Crippen LogP contribution >= 0.6 is 0 Å². The van der Waals surface area contributed by atoms with Gasteiger partial charge in [-0.3, -0.25) is 0 Å². The summed E-state index contributed by atoms with van der Waals surface area (Å²) in [5, 5.41) is 19.1. The summed E-state index contributed by atoms with van der Waals surface area (Å²) in [6, 6.07) is 6.67. The third-order valence-corrected chi connectivity index (χ3v) is 4.03. The first-order chi connectivity index (χ1) is 8.34. The van der Waals surface area contributed by atoms with Gasteiger partial charge in [0, 0.05) is 6.26 Å². The lowest BCUT2D eigenvalue weighted by Crippen LogP contribution is -2.25. The minimum absolute atomic E-state index is 0.283. The highest BCUT2D eigenvalue weighted by Crippen LogP contribution is 2.14. The summed E-state index contributed by atoms with van der Waals surface area (Å²) in [7, 11) is -3.20. The molecule has 2 unspecified atom stereocenters. The van der Waals surface area contributed by atoms with E-state index in [0.717, 1.165) is 5.56 Å². The summed E-state index contributed by atoms with van der Waals surface area (Å²) >= 11 is 0. The van der Waals surface area contributed by atoms with E-state index in [1.54, 1.807) is 25.1 Å². The average Bonchev–Trinajstić information content (AvgIpc) is 2.34. The maximum atomic E-state index is 11.4. The number of aliphatic hydroxyl groups excluding tert-OH is 2. The number of benzene rings is 1. The van der Waals surface area contributed by atoms with Gasteiger partial charge in [-0.2, -0.15) is 0 Å². The normalized spacial score (nSPS) is 15.3. The van der Waals surface area contributed by atoms with E-state index in [9.17, 15) is 18.6 Å². The Morgan fingerprint density at radius 2 is 1.89 bits per heavy atom. The molecule has 0 amide bonds. The van der Waals surface area contributed by atoms with Crippen molar-refractivity contribution >= 4 is 9.84 Å². The third-order valence-electron chi connectivity index (χ3n) is 2.92. The Bertz CT molecular complexity index is 482. The van der Waals surface area contributed by atoms with Crippen LogP contribution in [-0.4, -0.2) is 37.1 Å². The van der Waals surface area contributed by atoms with Crippen LogP contribution < -0.4 is 0 Å². The number of hydrogen-bond acceptors (Lipinski definition) is 4. The van der Waals surface area contributed by atoms with E-state index in [0.29, 0.717) is 19.3 Å². The highest BCUT2D eigenvalue weighted by atomic mass is 32.2. The van der Waals surface area contributed by atoms with Crippen molar-refractivity contribution in [2.45, 2.75) is 43.3 Å². The summed E-state index contributed by atoms with van der Waals surface area (Å²) in [6.07, 6.45) is 1.15. The second kappa shape index (κ2) is 6.31. The van der Waals surface area contributed by atoms with Crippen molar-refractivity contribution in [3.63, 3.8) is 0 Å². The molecule has 1 aromatic carbocycles. The second-order valence-electron chi connectivity index (χ2n) is 4.50. The average molecular weight is 272 g/mol. The molecule has 0 aromatic heterocycles. The molecule has 0 fully saturated rings. The van der Waals surface area contributed by atoms with Crippen LogP contribution in [0.25, 0.3) is 0 Å². The lowest BCUT2D eigenvalue weighted by Gasteiger charge is -2.15. The third kappa shape index (κ3) is 4.40. The molecule has 2 N–H and O–H groups in total. The molecule has 1 rings (SSSR count). The predicted octanol–water partition coefficient (Wildman–Crippen LogP) is 1.15. The monoisotopic (exact) mass is 272 g/mol. The van der Waals surface area contributed by atoms with Crippen LogP contribution in [0, 0.1) is 0 Å². The van der Waals surface area contributed by atoms with Gasteiger partial charge in [-0.25, -0.2) is 8.42 Å². The van der Waals surface area contributed by atoms with Crippen LogP contribution in [0.1, 0.15) is 25.3 Å². The van der Waals surface area contributed by atoms with Crippen LogP contribution in [0.15, 0.2) is 29.2 Å². The Hall–Kier alpha value is -0.910. The molecule has 0 heterocycles. The molecule has 0 radical (unpaired) electrons. The first-order valence-corrected chi connectivity index (χ1v) is 7.89. The van der Waals surface area contributed by atoms with Crippen molar-refractivity contribution in [1.29, 1.82) is 0 Å². The van der Waals surface area contributed by atoms with Gasteiger partial charge in [-0.1, -0.05) is 19.1 Å². The van der Waals surface area contributed by atoms with Crippen LogP contribution in [0.5, 0.6) is 0 Å². The van der Waals surface area contributed by atoms with Gasteiger partial charge in [0.2, 0.25) is 0 Å². The molecule has 0 bridgehead atoms. The second-order valence-corrected chi connectivity index (χ2v) is 6.52. The molecule has 1 aromatic rings. The molecule has 0 aliphatic rings. The zero-order valence-electron chi connectivity index (χ0n) is 10.7. The summed E-state index contributed by atoms with van der Waals surface area (Å²) in [4.78, 5) is 0.283. The smallest absolute Gasteiger partial charge is 0.175 e. The van der Waals surface area contributed by atoms with Gasteiger partial charge < -0.3 is 10.2 Å². The van der Waals surface area contributed by atoms with Crippen LogP contribution in [0.2, 0.25) is 0 Å². The molecule has 0 aliphatic heterocycles. The fourth-order valence-corrected chi connectivity index (χ4v) is 2.40. The number of hydrogen-bond donors (Lipinski definition) is 2. The lowest BCUT2D eigenvalue weighted by atomic mass is 10.0. The van der Waals surface area contributed by atoms with Crippen molar-refractivity contribution in [2.75, 3.05) is 6.26 Å². The fraction of sp³-hybridized carbons (Fsp3) is 0.538. The van der Waals surface area contributed by atoms with Crippen LogP contribution in [0.3, 0.4) is 0 Å². The maximum absolute atomic E-state index is 11.4. The standard InChI is InChI=1S/C13H20O4S/c1-3-12(14)13(15)8-7-10-5-4-6-11(9-10)18(2,16)17/h4-6,9,12-15H,3,7-8H2,1-2H3. The van der Waals surface area contributed by atoms with Crippen molar-refractivity contribution in [3.8, 4) is 0 Å². The first kappa shape index (κ1) is 15.1. The van der Waals surface area contributed by atoms with E-state index in [4.69, 9.17) is 0 Å². The van der Waals surface area contributed by atoms with Gasteiger partial charge in [-0.05, 0) is 37.0 Å². The molecular formula is C13H20O4S. The first-order valence-electron chi connectivity index (χ1n) is 5.99. The molecule has 0 spiro atoms. The van der Waals surface area contributed by atoms with E-state index in [2.05, 4.69) is 0 Å². The summed E-state index contributed by atoms with van der Waals surface area (Å²) < 4.78 is 22.8. The summed E-state index contributed by atoms with van der Waals surface area (Å²) in [5.41, 5.74) is 0.847. The molecule has 0 saturated heterocycles. The quantitative estimate of drug-likeness (QED) is 0.815. The van der Waals surface area contributed by atoms with Gasteiger partial charge in [0.1, 0.15) is 0 Å². The predicted molar refractivity (Wildman–Crippen MR) is 70.2 cm³/mol. The zero-order chi connectivity index (χ0) is 13.8. The van der Waals surface area contributed by atoms with Gasteiger partial charge in [0.05, 0.1) is 17.1 Å². The molecule has 4 nitrogen and oxygen atoms in total. The van der Waals surface area contributed by atoms with Crippen molar-refractivity contribution in [3.05, 3.63) is 29.8 Å². The molecule has 18 heavy (non-hydrogen) atoms. The highest BCUT2D eigenvalue weighted by Gasteiger charge is 2.14. The van der Waals surface area contributed by atoms with Gasteiger partial charge in [-0.15, -0.1) is 0 Å². The largest absolute Gasteiger partial charge is 0.390 e. The van der Waals surface area contributed by atoms with E-state index < -0.39 is 22.0 Å². The Labute approximate surface area is 108 Å². The summed E-state index contributed by atoms with van der Waals surface area (Å²) in [5.74, 6) is 0. The van der Waals surface area contributed by atoms with Crippen LogP contribution in [-0.2, 0) is 16.3 Å². The Morgan fingerprint density at radius 3 is 2.44 bits per heavy atom. The number of aliphatic hydroxyl groups is 2. The van der Waals surface area contributed by atoms with Crippen LogP contribution in [0.4, 0.5) is 0 Å². The van der Waals surface area contributed by atoms with E-state index in [1.165, 1.54) is 6.26 Å². The SMILES string of the molecule is CCC(O)C(O)CCc1cccc(S(C)(=O)=O)c1. The number of rotatable bonds is 6. The van der Waals surface area contributed by atoms with E-state index >= 15 is 0 Å². The van der Waals surface area contributed by atoms with E-state index in [1.807, 2.05) is 6.07 Å². The lowest BCUT2D eigenvalue weighted by molar-refractivity contribution is 0.0130. The van der Waals surface area contributed by atoms with Crippen molar-refractivity contribution in [2.24, 2.45) is 0 Å². The minimum atomic E-state index is -3.20. The van der Waals surface area contributed by atoms with Crippen molar-refractivity contribution < 1.29 is 18.6 Å². The Morgan fingerprint density at radius 1 is 1.22 bits per heavy atom. The topological polar surface area (TPSA) is 74.6 Å². The summed E-state index contributed by atoms with van der Waals surface area (Å²) in [6.45, 7) is 1.80. The Kier molecular flexibility index (Phi) is 5.31.